The fourth-order valence-electron chi connectivity index (χ4n) is 2.06. The lowest BCUT2D eigenvalue weighted by Gasteiger charge is -2.06. The smallest absolute Gasteiger partial charge is 0.265 e. The first-order chi connectivity index (χ1) is 11.6. The van der Waals surface area contributed by atoms with Crippen molar-refractivity contribution in [2.24, 2.45) is 10.9 Å². The summed E-state index contributed by atoms with van der Waals surface area (Å²) in [6.07, 6.45) is 1.32. The Morgan fingerprint density at radius 1 is 1.21 bits per heavy atom. The van der Waals surface area contributed by atoms with Crippen LogP contribution in [0.3, 0.4) is 0 Å². The highest BCUT2D eigenvalue weighted by Gasteiger charge is 2.05. The summed E-state index contributed by atoms with van der Waals surface area (Å²) in [5.74, 6) is -0.0447. The van der Waals surface area contributed by atoms with Crippen molar-refractivity contribution in [3.8, 4) is 0 Å². The van der Waals surface area contributed by atoms with Gasteiger partial charge in [-0.2, -0.15) is 0 Å². The number of carbonyl (C=O) groups is 1. The number of carbonyl (C=O) groups excluding carboxylic acids is 1. The van der Waals surface area contributed by atoms with Gasteiger partial charge in [-0.25, -0.2) is 0 Å². The Kier molecular flexibility index (Phi) is 6.63. The van der Waals surface area contributed by atoms with Gasteiger partial charge < -0.3 is 15.9 Å². The molecule has 6 heteroatoms. The highest BCUT2D eigenvalue weighted by Crippen LogP contribution is 2.15. The zero-order valence-electron chi connectivity index (χ0n) is 13.5. The molecule has 0 aliphatic rings. The molecule has 0 aromatic heterocycles. The molecule has 0 spiro atoms. The first kappa shape index (κ1) is 17.8. The number of nitrogens with two attached hydrogens (primary N) is 1. The average Bonchev–Trinajstić information content (AvgIpc) is 2.57. The van der Waals surface area contributed by atoms with E-state index < -0.39 is 0 Å². The Labute approximate surface area is 146 Å². The zero-order chi connectivity index (χ0) is 17.4. The number of hydrogen-bond acceptors (Lipinski definition) is 3. The molecule has 1 amide bonds. The van der Waals surface area contributed by atoms with Crippen molar-refractivity contribution >= 4 is 29.0 Å². The third-order valence-corrected chi connectivity index (χ3v) is 3.72. The number of rotatable bonds is 7. The summed E-state index contributed by atoms with van der Waals surface area (Å²) >= 11 is 6.05. The van der Waals surface area contributed by atoms with Crippen molar-refractivity contribution in [3.05, 3.63) is 64.7 Å². The number of oxime groups is 1. The van der Waals surface area contributed by atoms with Crippen LogP contribution in [0.1, 0.15) is 18.1 Å². The van der Waals surface area contributed by atoms with E-state index in [1.54, 1.807) is 6.07 Å². The summed E-state index contributed by atoms with van der Waals surface area (Å²) in [6, 6.07) is 15.0. The van der Waals surface area contributed by atoms with Gasteiger partial charge in [-0.3, -0.25) is 4.79 Å². The molecule has 2 aromatic rings. The van der Waals surface area contributed by atoms with Gasteiger partial charge in [0.05, 0.1) is 0 Å². The molecule has 0 fully saturated rings. The lowest BCUT2D eigenvalue weighted by molar-refractivity contribution is -0.120. The monoisotopic (exact) mass is 345 g/mol. The minimum Gasteiger partial charge on any atom is -0.384 e. The molecule has 24 heavy (non-hydrogen) atoms. The Bertz CT molecular complexity index is 714. The van der Waals surface area contributed by atoms with Crippen molar-refractivity contribution in [2.75, 3.05) is 11.9 Å². The average molecular weight is 346 g/mol. The number of anilines is 1. The van der Waals surface area contributed by atoms with E-state index in [0.717, 1.165) is 12.0 Å². The predicted molar refractivity (Wildman–Crippen MR) is 97.2 cm³/mol. The molecule has 2 rings (SSSR count). The second-order valence-corrected chi connectivity index (χ2v) is 5.63. The molecule has 0 unspecified atom stereocenters. The van der Waals surface area contributed by atoms with Crippen LogP contribution >= 0.6 is 11.6 Å². The van der Waals surface area contributed by atoms with Crippen molar-refractivity contribution in [3.63, 3.8) is 0 Å². The third kappa shape index (κ3) is 5.59. The number of amides is 1. The van der Waals surface area contributed by atoms with Gasteiger partial charge in [-0.1, -0.05) is 54.0 Å². The number of nitrogens with one attached hydrogen (secondary N) is 1. The quantitative estimate of drug-likeness (QED) is 0.459. The van der Waals surface area contributed by atoms with Gasteiger partial charge in [0, 0.05) is 17.1 Å². The first-order valence-electron chi connectivity index (χ1n) is 7.65. The minimum atomic E-state index is -0.298. The maximum absolute atomic E-state index is 11.8. The zero-order valence-corrected chi connectivity index (χ0v) is 14.2. The van der Waals surface area contributed by atoms with E-state index in [0.29, 0.717) is 17.1 Å². The van der Waals surface area contributed by atoms with E-state index in [1.807, 2.05) is 42.5 Å². The Balaban J connectivity index is 1.79. The fourth-order valence-corrected chi connectivity index (χ4v) is 2.27. The van der Waals surface area contributed by atoms with Gasteiger partial charge in [0.25, 0.3) is 5.91 Å². The van der Waals surface area contributed by atoms with Gasteiger partial charge >= 0.3 is 0 Å². The van der Waals surface area contributed by atoms with Crippen LogP contribution in [0.25, 0.3) is 0 Å². The molecular formula is C18H20ClN3O2. The van der Waals surface area contributed by atoms with Crippen molar-refractivity contribution in [1.29, 1.82) is 0 Å². The SMILES string of the molecule is CCc1ccc(NC(=O)CO/N=C(/N)Cc2ccccc2Cl)cc1. The van der Waals surface area contributed by atoms with Gasteiger partial charge in [0.1, 0.15) is 5.84 Å². The van der Waals surface area contributed by atoms with Gasteiger partial charge in [0.15, 0.2) is 6.61 Å². The van der Waals surface area contributed by atoms with Crippen LogP contribution in [0.5, 0.6) is 0 Å². The summed E-state index contributed by atoms with van der Waals surface area (Å²) in [5.41, 5.74) is 8.56. The molecule has 0 radical (unpaired) electrons. The van der Waals surface area contributed by atoms with Crippen LogP contribution in [0.4, 0.5) is 5.69 Å². The minimum absolute atomic E-state index is 0.210. The lowest BCUT2D eigenvalue weighted by Crippen LogP contribution is -2.20. The van der Waals surface area contributed by atoms with Crippen LogP contribution in [0.2, 0.25) is 5.02 Å². The molecule has 5 nitrogen and oxygen atoms in total. The van der Waals surface area contributed by atoms with E-state index in [9.17, 15) is 4.79 Å². The van der Waals surface area contributed by atoms with Crippen molar-refractivity contribution < 1.29 is 9.63 Å². The van der Waals surface area contributed by atoms with E-state index >= 15 is 0 Å². The Hall–Kier alpha value is -2.53. The Morgan fingerprint density at radius 3 is 2.58 bits per heavy atom. The molecule has 0 atom stereocenters. The molecule has 0 heterocycles. The molecule has 0 bridgehead atoms. The topological polar surface area (TPSA) is 76.7 Å². The van der Waals surface area contributed by atoms with Crippen LogP contribution in [-0.2, 0) is 22.5 Å². The number of halogens is 1. The number of nitrogens with zero attached hydrogens (tertiary/aromatic N) is 1. The van der Waals surface area contributed by atoms with E-state index in [2.05, 4.69) is 17.4 Å². The van der Waals surface area contributed by atoms with Gasteiger partial charge in [-0.15, -0.1) is 0 Å². The molecule has 2 aromatic carbocycles. The van der Waals surface area contributed by atoms with Crippen LogP contribution in [0, 0.1) is 0 Å². The van der Waals surface area contributed by atoms with E-state index in [-0.39, 0.29) is 18.3 Å². The van der Waals surface area contributed by atoms with Crippen LogP contribution in [-0.4, -0.2) is 18.3 Å². The van der Waals surface area contributed by atoms with Crippen molar-refractivity contribution in [1.82, 2.24) is 0 Å². The lowest BCUT2D eigenvalue weighted by atomic mass is 10.1. The highest BCUT2D eigenvalue weighted by atomic mass is 35.5. The summed E-state index contributed by atoms with van der Waals surface area (Å²) < 4.78 is 0. The summed E-state index contributed by atoms with van der Waals surface area (Å²) in [7, 11) is 0. The predicted octanol–water partition coefficient (Wildman–Crippen LogP) is 3.37. The second-order valence-electron chi connectivity index (χ2n) is 5.22. The number of hydrogen-bond donors (Lipinski definition) is 2. The fraction of sp³-hybridized carbons (Fsp3) is 0.222. The molecule has 3 N–H and O–H groups in total. The summed E-state index contributed by atoms with van der Waals surface area (Å²) in [5, 5.41) is 7.09. The number of amidine groups is 1. The molecule has 0 saturated heterocycles. The third-order valence-electron chi connectivity index (χ3n) is 3.35. The number of benzene rings is 2. The van der Waals surface area contributed by atoms with Gasteiger partial charge in [0.2, 0.25) is 0 Å². The highest BCUT2D eigenvalue weighted by molar-refractivity contribution is 6.31. The van der Waals surface area contributed by atoms with Crippen LogP contribution < -0.4 is 11.1 Å². The van der Waals surface area contributed by atoms with E-state index in [4.69, 9.17) is 22.2 Å². The molecule has 0 saturated carbocycles. The molecule has 0 aliphatic carbocycles. The molecule has 0 aliphatic heterocycles. The molecular weight excluding hydrogens is 326 g/mol. The summed E-state index contributed by atoms with van der Waals surface area (Å²) in [4.78, 5) is 16.8. The Morgan fingerprint density at radius 2 is 1.92 bits per heavy atom. The first-order valence-corrected chi connectivity index (χ1v) is 8.02. The largest absolute Gasteiger partial charge is 0.384 e. The standard InChI is InChI=1S/C18H20ClN3O2/c1-2-13-7-9-15(10-8-13)21-18(23)12-24-22-17(20)11-14-5-3-4-6-16(14)19/h3-10H,2,11-12H2,1H3,(H2,20,22)(H,21,23). The number of aryl methyl sites for hydroxylation is 1. The van der Waals surface area contributed by atoms with Crippen LogP contribution in [0.15, 0.2) is 53.7 Å². The van der Waals surface area contributed by atoms with Gasteiger partial charge in [-0.05, 0) is 35.7 Å². The second kappa shape index (κ2) is 8.93. The normalized spacial score (nSPS) is 11.2. The molecule has 126 valence electrons. The van der Waals surface area contributed by atoms with E-state index in [1.165, 1.54) is 5.56 Å². The van der Waals surface area contributed by atoms with Crippen molar-refractivity contribution in [2.45, 2.75) is 19.8 Å². The summed E-state index contributed by atoms with van der Waals surface area (Å²) in [6.45, 7) is 1.87. The maximum Gasteiger partial charge on any atom is 0.265 e. The maximum atomic E-state index is 11.8.